The van der Waals surface area contributed by atoms with Crippen molar-refractivity contribution >= 4 is 5.97 Å². The van der Waals surface area contributed by atoms with Crippen molar-refractivity contribution in [1.29, 1.82) is 0 Å². The molecule has 140 valence electrons. The number of pyridine rings is 1. The largest absolute Gasteiger partial charge is 0.490 e. The lowest BCUT2D eigenvalue weighted by molar-refractivity contribution is -0.149. The van der Waals surface area contributed by atoms with Crippen molar-refractivity contribution in [2.24, 2.45) is 0 Å². The number of aromatic nitrogens is 1. The van der Waals surface area contributed by atoms with Gasteiger partial charge in [-0.05, 0) is 42.7 Å². The molecule has 2 unspecified atom stereocenters. The summed E-state index contributed by atoms with van der Waals surface area (Å²) in [4.78, 5) is 15.4. The van der Waals surface area contributed by atoms with Gasteiger partial charge in [-0.1, -0.05) is 25.1 Å². The predicted octanol–water partition coefficient (Wildman–Crippen LogP) is 2.79. The molecule has 2 rings (SSSR count). The third-order valence-electron chi connectivity index (χ3n) is 3.99. The Balaban J connectivity index is 1.88. The molecule has 0 fully saturated rings. The van der Waals surface area contributed by atoms with Crippen molar-refractivity contribution in [1.82, 2.24) is 4.98 Å². The SMILES string of the molecule is CCOC(Cc1ccc(OCC(O)c2ccc(CC)cn2)cc1)C(=O)O. The summed E-state index contributed by atoms with van der Waals surface area (Å²) in [5.74, 6) is -0.377. The van der Waals surface area contributed by atoms with Crippen LogP contribution >= 0.6 is 0 Å². The zero-order valence-electron chi connectivity index (χ0n) is 15.1. The number of aliphatic hydroxyl groups excluding tert-OH is 1. The fourth-order valence-corrected chi connectivity index (χ4v) is 2.46. The van der Waals surface area contributed by atoms with E-state index < -0.39 is 18.2 Å². The molecule has 26 heavy (non-hydrogen) atoms. The van der Waals surface area contributed by atoms with Crippen LogP contribution in [0.15, 0.2) is 42.6 Å². The van der Waals surface area contributed by atoms with E-state index in [4.69, 9.17) is 14.6 Å². The molecule has 0 aliphatic rings. The van der Waals surface area contributed by atoms with Gasteiger partial charge in [0.1, 0.15) is 18.5 Å². The van der Waals surface area contributed by atoms with E-state index in [0.29, 0.717) is 24.5 Å². The summed E-state index contributed by atoms with van der Waals surface area (Å²) in [6.07, 6.45) is 1.28. The number of ether oxygens (including phenoxy) is 2. The van der Waals surface area contributed by atoms with Gasteiger partial charge in [0.2, 0.25) is 0 Å². The summed E-state index contributed by atoms with van der Waals surface area (Å²) in [6, 6.07) is 10.8. The van der Waals surface area contributed by atoms with Crippen LogP contribution in [0.3, 0.4) is 0 Å². The first-order valence-electron chi connectivity index (χ1n) is 8.72. The van der Waals surface area contributed by atoms with E-state index >= 15 is 0 Å². The normalized spacial score (nSPS) is 13.2. The summed E-state index contributed by atoms with van der Waals surface area (Å²) >= 11 is 0. The van der Waals surface area contributed by atoms with E-state index in [2.05, 4.69) is 4.98 Å². The van der Waals surface area contributed by atoms with Gasteiger partial charge in [0, 0.05) is 19.2 Å². The van der Waals surface area contributed by atoms with Gasteiger partial charge >= 0.3 is 5.97 Å². The van der Waals surface area contributed by atoms with Crippen molar-refractivity contribution in [3.05, 3.63) is 59.4 Å². The highest BCUT2D eigenvalue weighted by Crippen LogP contribution is 2.17. The zero-order chi connectivity index (χ0) is 18.9. The lowest BCUT2D eigenvalue weighted by Gasteiger charge is -2.14. The number of carboxylic acid groups (broad SMARTS) is 1. The van der Waals surface area contributed by atoms with Crippen molar-refractivity contribution in [3.63, 3.8) is 0 Å². The molecule has 2 aromatic rings. The first-order chi connectivity index (χ1) is 12.5. The topological polar surface area (TPSA) is 88.9 Å². The van der Waals surface area contributed by atoms with Crippen LogP contribution in [0.1, 0.15) is 36.8 Å². The van der Waals surface area contributed by atoms with E-state index in [1.165, 1.54) is 0 Å². The number of benzene rings is 1. The average Bonchev–Trinajstić information content (AvgIpc) is 2.66. The number of nitrogens with zero attached hydrogens (tertiary/aromatic N) is 1. The standard InChI is InChI=1S/C20H25NO5/c1-3-14-7-10-17(21-12-14)18(22)13-26-16-8-5-15(6-9-16)11-19(20(23)24)25-4-2/h5-10,12,18-19,22H,3-4,11,13H2,1-2H3,(H,23,24). The Morgan fingerprint density at radius 3 is 2.35 bits per heavy atom. The van der Waals surface area contributed by atoms with Gasteiger partial charge in [-0.25, -0.2) is 4.79 Å². The molecule has 0 bridgehead atoms. The third kappa shape index (κ3) is 5.82. The Morgan fingerprint density at radius 2 is 1.81 bits per heavy atom. The fourth-order valence-electron chi connectivity index (χ4n) is 2.46. The van der Waals surface area contributed by atoms with E-state index in [0.717, 1.165) is 17.5 Å². The number of carbonyl (C=O) groups is 1. The predicted molar refractivity (Wildman–Crippen MR) is 97.3 cm³/mol. The lowest BCUT2D eigenvalue weighted by atomic mass is 10.1. The maximum absolute atomic E-state index is 11.1. The minimum atomic E-state index is -0.975. The summed E-state index contributed by atoms with van der Waals surface area (Å²) in [5, 5.41) is 19.3. The molecule has 1 heterocycles. The van der Waals surface area contributed by atoms with Gasteiger partial charge in [-0.2, -0.15) is 0 Å². The summed E-state index contributed by atoms with van der Waals surface area (Å²) in [5.41, 5.74) is 2.53. The van der Waals surface area contributed by atoms with E-state index in [-0.39, 0.29) is 6.61 Å². The smallest absolute Gasteiger partial charge is 0.333 e. The van der Waals surface area contributed by atoms with Crippen molar-refractivity contribution in [2.45, 2.75) is 38.9 Å². The van der Waals surface area contributed by atoms with Crippen LogP contribution in [0.4, 0.5) is 0 Å². The van der Waals surface area contributed by atoms with Gasteiger partial charge in [-0.3, -0.25) is 4.98 Å². The Labute approximate surface area is 153 Å². The van der Waals surface area contributed by atoms with E-state index in [9.17, 15) is 9.90 Å². The Kier molecular flexibility index (Phi) is 7.56. The van der Waals surface area contributed by atoms with Crippen LogP contribution < -0.4 is 4.74 Å². The highest BCUT2D eigenvalue weighted by atomic mass is 16.5. The Morgan fingerprint density at radius 1 is 1.12 bits per heavy atom. The summed E-state index contributed by atoms with van der Waals surface area (Å²) < 4.78 is 10.8. The molecular formula is C20H25NO5. The molecule has 0 radical (unpaired) electrons. The average molecular weight is 359 g/mol. The Bertz CT molecular complexity index is 684. The highest BCUT2D eigenvalue weighted by molar-refractivity contribution is 5.72. The van der Waals surface area contributed by atoms with E-state index in [1.54, 1.807) is 43.5 Å². The second-order valence-electron chi connectivity index (χ2n) is 5.90. The van der Waals surface area contributed by atoms with Gasteiger partial charge in [0.05, 0.1) is 5.69 Å². The molecule has 2 atom stereocenters. The van der Waals surface area contributed by atoms with E-state index in [1.807, 2.05) is 13.0 Å². The third-order valence-corrected chi connectivity index (χ3v) is 3.99. The number of hydrogen-bond donors (Lipinski definition) is 2. The molecule has 2 N–H and O–H groups in total. The number of aliphatic hydroxyl groups is 1. The van der Waals surface area contributed by atoms with Crippen LogP contribution in [-0.2, 0) is 22.4 Å². The first kappa shape index (κ1) is 19.9. The lowest BCUT2D eigenvalue weighted by Crippen LogP contribution is -2.26. The summed E-state index contributed by atoms with van der Waals surface area (Å²) in [7, 11) is 0. The maximum Gasteiger partial charge on any atom is 0.333 e. The van der Waals surface area contributed by atoms with Crippen LogP contribution in [0.2, 0.25) is 0 Å². The maximum atomic E-state index is 11.1. The molecule has 1 aromatic carbocycles. The van der Waals surface area contributed by atoms with Gasteiger partial charge in [0.25, 0.3) is 0 Å². The van der Waals surface area contributed by atoms with Crippen molar-refractivity contribution < 1.29 is 24.5 Å². The molecular weight excluding hydrogens is 334 g/mol. The second kappa shape index (κ2) is 9.89. The molecule has 1 aromatic heterocycles. The Hall–Kier alpha value is -2.44. The molecule has 0 aliphatic heterocycles. The number of aliphatic carboxylic acids is 1. The minimum absolute atomic E-state index is 0.0918. The summed E-state index contributed by atoms with van der Waals surface area (Å²) in [6.45, 7) is 4.26. The van der Waals surface area contributed by atoms with Crippen LogP contribution in [0.5, 0.6) is 5.75 Å². The van der Waals surface area contributed by atoms with Crippen LogP contribution in [0.25, 0.3) is 0 Å². The molecule has 0 saturated carbocycles. The monoisotopic (exact) mass is 359 g/mol. The van der Waals surface area contributed by atoms with Crippen molar-refractivity contribution in [3.8, 4) is 5.75 Å². The van der Waals surface area contributed by atoms with Gasteiger partial charge in [-0.15, -0.1) is 0 Å². The molecule has 0 amide bonds. The fraction of sp³-hybridized carbons (Fsp3) is 0.400. The number of rotatable bonds is 10. The molecule has 6 nitrogen and oxygen atoms in total. The van der Waals surface area contributed by atoms with Crippen LogP contribution in [-0.4, -0.2) is 40.5 Å². The molecule has 0 aliphatic carbocycles. The second-order valence-corrected chi connectivity index (χ2v) is 5.90. The highest BCUT2D eigenvalue weighted by Gasteiger charge is 2.18. The zero-order valence-corrected chi connectivity index (χ0v) is 15.1. The molecule has 0 saturated heterocycles. The van der Waals surface area contributed by atoms with Gasteiger partial charge in [0.15, 0.2) is 6.10 Å². The number of carboxylic acids is 1. The molecule has 6 heteroatoms. The van der Waals surface area contributed by atoms with Crippen LogP contribution in [0, 0.1) is 0 Å². The quantitative estimate of drug-likeness (QED) is 0.678. The van der Waals surface area contributed by atoms with Crippen molar-refractivity contribution in [2.75, 3.05) is 13.2 Å². The van der Waals surface area contributed by atoms with Gasteiger partial charge < -0.3 is 19.7 Å². The molecule has 0 spiro atoms. The number of hydrogen-bond acceptors (Lipinski definition) is 5. The first-order valence-corrected chi connectivity index (χ1v) is 8.72. The number of aryl methyl sites for hydroxylation is 1. The minimum Gasteiger partial charge on any atom is -0.490 e.